The Morgan fingerprint density at radius 1 is 1.13 bits per heavy atom. The van der Waals surface area contributed by atoms with E-state index in [1.807, 2.05) is 20.8 Å². The average molecular weight is 216 g/mol. The largest absolute Gasteiger partial charge is 0.390 e. The van der Waals surface area contributed by atoms with Crippen molar-refractivity contribution in [3.63, 3.8) is 0 Å². The van der Waals surface area contributed by atoms with Crippen molar-refractivity contribution in [3.8, 4) is 0 Å². The quantitative estimate of drug-likeness (QED) is 0.732. The van der Waals surface area contributed by atoms with Crippen LogP contribution in [0.2, 0.25) is 0 Å². The van der Waals surface area contributed by atoms with E-state index in [0.29, 0.717) is 13.2 Å². The molecule has 1 rings (SSSR count). The van der Waals surface area contributed by atoms with Crippen LogP contribution in [0, 0.1) is 0 Å². The maximum absolute atomic E-state index is 9.66. The van der Waals surface area contributed by atoms with Crippen molar-refractivity contribution < 1.29 is 14.6 Å². The molecular formula is C12H24O3. The molecule has 1 saturated carbocycles. The van der Waals surface area contributed by atoms with Gasteiger partial charge in [-0.1, -0.05) is 12.8 Å². The maximum atomic E-state index is 9.66. The number of hydrogen-bond donors (Lipinski definition) is 1. The molecule has 0 aromatic rings. The molecule has 0 heterocycles. The van der Waals surface area contributed by atoms with E-state index in [1.54, 1.807) is 0 Å². The van der Waals surface area contributed by atoms with E-state index in [9.17, 15) is 5.11 Å². The van der Waals surface area contributed by atoms with Gasteiger partial charge in [0.25, 0.3) is 0 Å². The van der Waals surface area contributed by atoms with Gasteiger partial charge in [-0.15, -0.1) is 0 Å². The molecule has 1 aliphatic carbocycles. The summed E-state index contributed by atoms with van der Waals surface area (Å²) < 4.78 is 11.2. The molecule has 2 atom stereocenters. The van der Waals surface area contributed by atoms with Crippen LogP contribution in [-0.2, 0) is 9.47 Å². The fourth-order valence-electron chi connectivity index (χ4n) is 1.82. The third-order valence-electron chi connectivity index (χ3n) is 2.62. The Balaban J connectivity index is 2.08. The van der Waals surface area contributed by atoms with Gasteiger partial charge >= 0.3 is 0 Å². The molecule has 1 N–H and O–H groups in total. The molecule has 1 aliphatic rings. The molecule has 0 aromatic carbocycles. The zero-order valence-corrected chi connectivity index (χ0v) is 10.2. The first-order valence-corrected chi connectivity index (χ1v) is 5.93. The highest BCUT2D eigenvalue weighted by Gasteiger charge is 2.23. The van der Waals surface area contributed by atoms with E-state index in [-0.39, 0.29) is 17.8 Å². The van der Waals surface area contributed by atoms with Crippen molar-refractivity contribution in [2.24, 2.45) is 0 Å². The monoisotopic (exact) mass is 216 g/mol. The van der Waals surface area contributed by atoms with Crippen molar-refractivity contribution in [2.45, 2.75) is 64.3 Å². The maximum Gasteiger partial charge on any atom is 0.0835 e. The fraction of sp³-hybridized carbons (Fsp3) is 1.00. The summed E-state index contributed by atoms with van der Waals surface area (Å²) in [5, 5.41) is 9.66. The highest BCUT2D eigenvalue weighted by molar-refractivity contribution is 4.74. The normalized spacial score (nSPS) is 28.0. The smallest absolute Gasteiger partial charge is 0.0835 e. The fourth-order valence-corrected chi connectivity index (χ4v) is 1.82. The van der Waals surface area contributed by atoms with Crippen LogP contribution in [0.25, 0.3) is 0 Å². The highest BCUT2D eigenvalue weighted by atomic mass is 16.5. The van der Waals surface area contributed by atoms with Crippen molar-refractivity contribution in [1.29, 1.82) is 0 Å². The molecule has 0 bridgehead atoms. The molecule has 15 heavy (non-hydrogen) atoms. The van der Waals surface area contributed by atoms with E-state index in [1.165, 1.54) is 6.42 Å². The van der Waals surface area contributed by atoms with Crippen LogP contribution in [0.15, 0.2) is 0 Å². The third kappa shape index (κ3) is 5.50. The average Bonchev–Trinajstić information content (AvgIpc) is 2.13. The van der Waals surface area contributed by atoms with E-state index in [2.05, 4.69) is 0 Å². The van der Waals surface area contributed by atoms with E-state index >= 15 is 0 Å². The summed E-state index contributed by atoms with van der Waals surface area (Å²) in [6, 6.07) is 0. The van der Waals surface area contributed by atoms with Gasteiger partial charge in [0.1, 0.15) is 0 Å². The Bertz CT molecular complexity index is 174. The predicted octanol–water partition coefficient (Wildman–Crippen LogP) is 2.12. The first-order valence-electron chi connectivity index (χ1n) is 5.93. The van der Waals surface area contributed by atoms with Crippen molar-refractivity contribution in [1.82, 2.24) is 0 Å². The predicted molar refractivity (Wildman–Crippen MR) is 59.9 cm³/mol. The van der Waals surface area contributed by atoms with Gasteiger partial charge in [-0.3, -0.25) is 0 Å². The molecular weight excluding hydrogens is 192 g/mol. The molecule has 0 aromatic heterocycles. The number of hydrogen-bond acceptors (Lipinski definition) is 3. The molecule has 90 valence electrons. The lowest BCUT2D eigenvalue weighted by Gasteiger charge is -2.28. The standard InChI is InChI=1S/C12H24O3/c1-12(2,3)15-9-8-14-11-7-5-4-6-10(11)13/h10-11,13H,4-9H2,1-3H3. The van der Waals surface area contributed by atoms with Gasteiger partial charge in [0.15, 0.2) is 0 Å². The van der Waals surface area contributed by atoms with Gasteiger partial charge in [0.05, 0.1) is 31.0 Å². The van der Waals surface area contributed by atoms with Crippen LogP contribution in [0.1, 0.15) is 46.5 Å². The summed E-state index contributed by atoms with van der Waals surface area (Å²) in [6.07, 6.45) is 3.92. The molecule has 3 heteroatoms. The molecule has 0 saturated heterocycles. The summed E-state index contributed by atoms with van der Waals surface area (Å²) in [4.78, 5) is 0. The van der Waals surface area contributed by atoms with Crippen LogP contribution < -0.4 is 0 Å². The minimum atomic E-state index is -0.270. The summed E-state index contributed by atoms with van der Waals surface area (Å²) in [5.41, 5.74) is -0.103. The summed E-state index contributed by atoms with van der Waals surface area (Å²) in [7, 11) is 0. The van der Waals surface area contributed by atoms with Crippen molar-refractivity contribution in [2.75, 3.05) is 13.2 Å². The van der Waals surface area contributed by atoms with Gasteiger partial charge in [-0.2, -0.15) is 0 Å². The summed E-state index contributed by atoms with van der Waals surface area (Å²) >= 11 is 0. The second-order valence-electron chi connectivity index (χ2n) is 5.22. The zero-order valence-electron chi connectivity index (χ0n) is 10.2. The van der Waals surface area contributed by atoms with Crippen LogP contribution in [0.3, 0.4) is 0 Å². The molecule has 0 aliphatic heterocycles. The molecule has 3 nitrogen and oxygen atoms in total. The summed E-state index contributed by atoms with van der Waals surface area (Å²) in [5.74, 6) is 0. The van der Waals surface area contributed by atoms with Gasteiger partial charge in [0.2, 0.25) is 0 Å². The number of ether oxygens (including phenoxy) is 2. The van der Waals surface area contributed by atoms with Crippen LogP contribution in [0.5, 0.6) is 0 Å². The van der Waals surface area contributed by atoms with Crippen LogP contribution >= 0.6 is 0 Å². The Kier molecular flexibility index (Phi) is 5.03. The van der Waals surface area contributed by atoms with Gasteiger partial charge in [-0.05, 0) is 33.6 Å². The Hall–Kier alpha value is -0.120. The molecule has 0 radical (unpaired) electrons. The molecule has 1 fully saturated rings. The van der Waals surface area contributed by atoms with Gasteiger partial charge in [0, 0.05) is 0 Å². The van der Waals surface area contributed by atoms with E-state index in [4.69, 9.17) is 9.47 Å². The summed E-state index contributed by atoms with van der Waals surface area (Å²) in [6.45, 7) is 7.28. The molecule has 2 unspecified atom stereocenters. The Morgan fingerprint density at radius 2 is 1.80 bits per heavy atom. The lowest BCUT2D eigenvalue weighted by Crippen LogP contribution is -2.33. The third-order valence-corrected chi connectivity index (χ3v) is 2.62. The van der Waals surface area contributed by atoms with Crippen molar-refractivity contribution in [3.05, 3.63) is 0 Å². The SMILES string of the molecule is CC(C)(C)OCCOC1CCCCC1O. The molecule has 0 spiro atoms. The van der Waals surface area contributed by atoms with Gasteiger partial charge < -0.3 is 14.6 Å². The van der Waals surface area contributed by atoms with E-state index in [0.717, 1.165) is 19.3 Å². The van der Waals surface area contributed by atoms with Gasteiger partial charge in [-0.25, -0.2) is 0 Å². The minimum absolute atomic E-state index is 0.0299. The molecule has 0 amide bonds. The number of aliphatic hydroxyl groups excluding tert-OH is 1. The first-order chi connectivity index (χ1) is 6.99. The topological polar surface area (TPSA) is 38.7 Å². The highest BCUT2D eigenvalue weighted by Crippen LogP contribution is 2.21. The zero-order chi connectivity index (χ0) is 11.3. The first kappa shape index (κ1) is 12.9. The van der Waals surface area contributed by atoms with Crippen molar-refractivity contribution >= 4 is 0 Å². The lowest BCUT2D eigenvalue weighted by atomic mass is 9.95. The Labute approximate surface area is 92.8 Å². The van der Waals surface area contributed by atoms with E-state index < -0.39 is 0 Å². The number of rotatable bonds is 4. The second-order valence-corrected chi connectivity index (χ2v) is 5.22. The van der Waals surface area contributed by atoms with Crippen LogP contribution in [0.4, 0.5) is 0 Å². The minimum Gasteiger partial charge on any atom is -0.390 e. The lowest BCUT2D eigenvalue weighted by molar-refractivity contribution is -0.0921. The number of aliphatic hydroxyl groups is 1. The van der Waals surface area contributed by atoms with Crippen LogP contribution in [-0.4, -0.2) is 36.1 Å². The second kappa shape index (κ2) is 5.83. The Morgan fingerprint density at radius 3 is 2.40 bits per heavy atom.